The molecule has 0 bridgehead atoms. The number of nitrogens with one attached hydrogen (secondary N) is 1. The maximum Gasteiger partial charge on any atom is 0.410 e. The molecule has 1 fully saturated rings. The van der Waals surface area contributed by atoms with Crippen LogP contribution in [0.15, 0.2) is 48.7 Å². The van der Waals surface area contributed by atoms with Crippen LogP contribution in [0.4, 0.5) is 15.7 Å². The van der Waals surface area contributed by atoms with Gasteiger partial charge in [0.05, 0.1) is 11.3 Å². The molecule has 3 aromatic rings. The lowest BCUT2D eigenvalue weighted by Gasteiger charge is -2.36. The molecule has 1 aliphatic rings. The molecule has 8 nitrogen and oxygen atoms in total. The zero-order valence-corrected chi connectivity index (χ0v) is 21.4. The number of rotatable bonds is 5. The first kappa shape index (κ1) is 24.7. The largest absolute Gasteiger partial charge is 0.444 e. The fourth-order valence-corrected chi connectivity index (χ4v) is 4.71. The van der Waals surface area contributed by atoms with E-state index in [1.165, 1.54) is 11.3 Å². The van der Waals surface area contributed by atoms with Gasteiger partial charge in [0.15, 0.2) is 5.13 Å². The number of aryl methyl sites for hydroxylation is 1. The van der Waals surface area contributed by atoms with Crippen LogP contribution >= 0.6 is 11.3 Å². The second-order valence-corrected chi connectivity index (χ2v) is 10.4. The minimum atomic E-state index is -0.508. The van der Waals surface area contributed by atoms with E-state index in [4.69, 9.17) is 4.74 Å². The van der Waals surface area contributed by atoms with E-state index in [0.29, 0.717) is 36.9 Å². The van der Waals surface area contributed by atoms with Gasteiger partial charge in [0, 0.05) is 42.8 Å². The maximum atomic E-state index is 12.8. The first-order valence-corrected chi connectivity index (χ1v) is 12.6. The van der Waals surface area contributed by atoms with Crippen LogP contribution in [0.5, 0.6) is 0 Å². The van der Waals surface area contributed by atoms with Gasteiger partial charge < -0.3 is 14.5 Å². The van der Waals surface area contributed by atoms with E-state index >= 15 is 0 Å². The molecule has 0 radical (unpaired) electrons. The van der Waals surface area contributed by atoms with Gasteiger partial charge in [-0.15, -0.1) is 11.3 Å². The first-order valence-electron chi connectivity index (χ1n) is 11.8. The molecule has 0 unspecified atom stereocenters. The van der Waals surface area contributed by atoms with E-state index in [1.54, 1.807) is 17.2 Å². The Hall–Kier alpha value is -3.46. The molecular weight excluding hydrogens is 462 g/mol. The van der Waals surface area contributed by atoms with E-state index in [1.807, 2.05) is 57.2 Å². The van der Waals surface area contributed by atoms with Crippen molar-refractivity contribution in [3.05, 3.63) is 59.1 Å². The van der Waals surface area contributed by atoms with Crippen LogP contribution in [0.25, 0.3) is 11.3 Å². The summed E-state index contributed by atoms with van der Waals surface area (Å²) < 4.78 is 5.45. The molecule has 1 aromatic carbocycles. The van der Waals surface area contributed by atoms with E-state index in [2.05, 4.69) is 27.1 Å². The van der Waals surface area contributed by atoms with Crippen molar-refractivity contribution in [2.75, 3.05) is 36.4 Å². The Morgan fingerprint density at radius 1 is 1.06 bits per heavy atom. The Kier molecular flexibility index (Phi) is 7.35. The highest BCUT2D eigenvalue weighted by Crippen LogP contribution is 2.31. The molecule has 1 aliphatic heterocycles. The van der Waals surface area contributed by atoms with Gasteiger partial charge in [0.2, 0.25) is 0 Å². The summed E-state index contributed by atoms with van der Waals surface area (Å²) >= 11 is 1.49. The Morgan fingerprint density at radius 3 is 2.37 bits per heavy atom. The fraction of sp³-hybridized carbons (Fsp3) is 0.385. The third-order valence-electron chi connectivity index (χ3n) is 5.55. The van der Waals surface area contributed by atoms with Crippen LogP contribution in [0, 0.1) is 0 Å². The molecule has 0 atom stereocenters. The summed E-state index contributed by atoms with van der Waals surface area (Å²) in [5.41, 5.74) is 1.91. The number of carbonyl (C=O) groups is 2. The van der Waals surface area contributed by atoms with E-state index in [0.717, 1.165) is 28.4 Å². The topological polar surface area (TPSA) is 87.7 Å². The zero-order chi connectivity index (χ0) is 25.0. The quantitative estimate of drug-likeness (QED) is 0.534. The molecule has 9 heteroatoms. The molecule has 1 N–H and O–H groups in total. The van der Waals surface area contributed by atoms with Crippen LogP contribution in [-0.4, -0.2) is 58.6 Å². The molecule has 2 amide bonds. The van der Waals surface area contributed by atoms with Crippen molar-refractivity contribution in [2.24, 2.45) is 0 Å². The average Bonchev–Trinajstić information content (AvgIpc) is 3.26. The van der Waals surface area contributed by atoms with Crippen molar-refractivity contribution in [1.82, 2.24) is 14.9 Å². The van der Waals surface area contributed by atoms with Gasteiger partial charge in [0.25, 0.3) is 5.91 Å². The number of anilines is 2. The average molecular weight is 494 g/mol. The molecule has 184 valence electrons. The predicted octanol–water partition coefficient (Wildman–Crippen LogP) is 5.08. The van der Waals surface area contributed by atoms with Gasteiger partial charge >= 0.3 is 6.09 Å². The molecule has 35 heavy (non-hydrogen) atoms. The van der Waals surface area contributed by atoms with Gasteiger partial charge in [-0.2, -0.15) is 0 Å². The lowest BCUT2D eigenvalue weighted by Crippen LogP contribution is -2.50. The van der Waals surface area contributed by atoms with Crippen molar-refractivity contribution < 1.29 is 14.3 Å². The van der Waals surface area contributed by atoms with Crippen LogP contribution < -0.4 is 10.2 Å². The monoisotopic (exact) mass is 493 g/mol. The van der Waals surface area contributed by atoms with Crippen LogP contribution in [0.3, 0.4) is 0 Å². The Bertz CT molecular complexity index is 1160. The SMILES string of the molecule is CCc1sc(NC(=O)c2ccc(N3CCN(C(=O)OC(C)(C)C)CC3)nc2)nc1-c1ccccc1. The molecule has 1 saturated heterocycles. The summed E-state index contributed by atoms with van der Waals surface area (Å²) in [6, 6.07) is 13.6. The number of hydrogen-bond acceptors (Lipinski definition) is 7. The van der Waals surface area contributed by atoms with Crippen molar-refractivity contribution in [2.45, 2.75) is 39.7 Å². The molecular formula is C26H31N5O3S. The number of thiazole rings is 1. The number of aromatic nitrogens is 2. The maximum absolute atomic E-state index is 12.8. The predicted molar refractivity (Wildman–Crippen MR) is 139 cm³/mol. The van der Waals surface area contributed by atoms with Crippen molar-refractivity contribution in [3.8, 4) is 11.3 Å². The number of hydrogen-bond donors (Lipinski definition) is 1. The number of benzene rings is 1. The van der Waals surface area contributed by atoms with E-state index in [9.17, 15) is 9.59 Å². The second kappa shape index (κ2) is 10.4. The molecule has 0 spiro atoms. The summed E-state index contributed by atoms with van der Waals surface area (Å²) in [5.74, 6) is 0.536. The number of pyridine rings is 1. The number of nitrogens with zero attached hydrogens (tertiary/aromatic N) is 4. The van der Waals surface area contributed by atoms with Crippen LogP contribution in [0.1, 0.15) is 42.9 Å². The van der Waals surface area contributed by atoms with E-state index in [-0.39, 0.29) is 12.0 Å². The van der Waals surface area contributed by atoms with E-state index < -0.39 is 5.60 Å². The number of piperazine rings is 1. The summed E-state index contributed by atoms with van der Waals surface area (Å²) in [6.07, 6.45) is 2.13. The highest BCUT2D eigenvalue weighted by atomic mass is 32.1. The minimum Gasteiger partial charge on any atom is -0.444 e. The van der Waals surface area contributed by atoms with Crippen LogP contribution in [-0.2, 0) is 11.2 Å². The lowest BCUT2D eigenvalue weighted by molar-refractivity contribution is 0.0240. The van der Waals surface area contributed by atoms with Gasteiger partial charge in [-0.3, -0.25) is 10.1 Å². The summed E-state index contributed by atoms with van der Waals surface area (Å²) in [4.78, 5) is 39.2. The molecule has 2 aromatic heterocycles. The molecule has 0 aliphatic carbocycles. The first-order chi connectivity index (χ1) is 16.7. The summed E-state index contributed by atoms with van der Waals surface area (Å²) in [6.45, 7) is 10.1. The summed E-state index contributed by atoms with van der Waals surface area (Å²) in [5, 5.41) is 3.49. The van der Waals surface area contributed by atoms with Gasteiger partial charge in [-0.1, -0.05) is 37.3 Å². The number of carbonyl (C=O) groups excluding carboxylic acids is 2. The normalized spacial score (nSPS) is 14.1. The zero-order valence-electron chi connectivity index (χ0n) is 20.6. The minimum absolute atomic E-state index is 0.241. The van der Waals surface area contributed by atoms with Gasteiger partial charge in [-0.05, 0) is 39.3 Å². The highest BCUT2D eigenvalue weighted by molar-refractivity contribution is 7.16. The number of amides is 2. The Morgan fingerprint density at radius 2 is 1.77 bits per heavy atom. The molecule has 4 rings (SSSR count). The lowest BCUT2D eigenvalue weighted by atomic mass is 10.1. The standard InChI is InChI=1S/C26H31N5O3S/c1-5-20-22(18-9-7-6-8-10-18)28-24(35-20)29-23(32)19-11-12-21(27-17-19)30-13-15-31(16-14-30)25(33)34-26(2,3)4/h6-12,17H,5,13-16H2,1-4H3,(H,28,29,32). The Labute approximate surface area is 210 Å². The third kappa shape index (κ3) is 6.16. The second-order valence-electron chi connectivity index (χ2n) is 9.32. The van der Waals surface area contributed by atoms with Crippen molar-refractivity contribution in [1.29, 1.82) is 0 Å². The fourth-order valence-electron chi connectivity index (χ4n) is 3.79. The smallest absolute Gasteiger partial charge is 0.410 e. The number of ether oxygens (including phenoxy) is 1. The van der Waals surface area contributed by atoms with Crippen molar-refractivity contribution in [3.63, 3.8) is 0 Å². The molecule has 3 heterocycles. The van der Waals surface area contributed by atoms with Gasteiger partial charge in [0.1, 0.15) is 11.4 Å². The Balaban J connectivity index is 1.36. The highest BCUT2D eigenvalue weighted by Gasteiger charge is 2.26. The summed E-state index contributed by atoms with van der Waals surface area (Å²) in [7, 11) is 0. The van der Waals surface area contributed by atoms with Crippen molar-refractivity contribution >= 4 is 34.3 Å². The third-order valence-corrected chi connectivity index (χ3v) is 6.67. The van der Waals surface area contributed by atoms with Crippen LogP contribution in [0.2, 0.25) is 0 Å². The molecule has 0 saturated carbocycles. The van der Waals surface area contributed by atoms with Gasteiger partial charge in [-0.25, -0.2) is 14.8 Å².